The summed E-state index contributed by atoms with van der Waals surface area (Å²) in [6.45, 7) is 13.9. The first-order valence-corrected chi connectivity index (χ1v) is 10.2. The standard InChI is InChI=1S/C23H28BrN2O/c1-7-26-20-11-10-16(24)13-18(20)19(14-23(3,4)5)22(26)17-9-8-12-25-21(17)15(2)27-6/h8-13,15H,3,7,14H2,1-2,4-6H3. The number of methoxy groups -OCH3 is 1. The fourth-order valence-corrected chi connectivity index (χ4v) is 4.10. The van der Waals surface area contributed by atoms with Crippen LogP contribution in [0.3, 0.4) is 0 Å². The van der Waals surface area contributed by atoms with E-state index in [0.717, 1.165) is 28.7 Å². The lowest BCUT2D eigenvalue weighted by molar-refractivity contribution is 0.116. The van der Waals surface area contributed by atoms with Crippen LogP contribution in [-0.2, 0) is 17.7 Å². The Morgan fingerprint density at radius 2 is 2.04 bits per heavy atom. The summed E-state index contributed by atoms with van der Waals surface area (Å²) in [5, 5.41) is 1.28. The molecule has 0 aliphatic rings. The fraction of sp³-hybridized carbons (Fsp3) is 0.391. The Morgan fingerprint density at radius 3 is 2.67 bits per heavy atom. The minimum absolute atomic E-state index is 0.0703. The minimum Gasteiger partial charge on any atom is -0.375 e. The Labute approximate surface area is 170 Å². The van der Waals surface area contributed by atoms with Crippen LogP contribution in [0.2, 0.25) is 0 Å². The van der Waals surface area contributed by atoms with Crippen molar-refractivity contribution in [2.45, 2.75) is 46.8 Å². The van der Waals surface area contributed by atoms with Crippen molar-refractivity contribution in [1.29, 1.82) is 0 Å². The van der Waals surface area contributed by atoms with Gasteiger partial charge in [0, 0.05) is 40.8 Å². The van der Waals surface area contributed by atoms with E-state index < -0.39 is 0 Å². The van der Waals surface area contributed by atoms with E-state index in [-0.39, 0.29) is 11.5 Å². The van der Waals surface area contributed by atoms with Crippen molar-refractivity contribution in [2.24, 2.45) is 5.41 Å². The molecule has 0 N–H and O–H groups in total. The first kappa shape index (κ1) is 20.1. The molecule has 1 atom stereocenters. The van der Waals surface area contributed by atoms with Gasteiger partial charge >= 0.3 is 0 Å². The summed E-state index contributed by atoms with van der Waals surface area (Å²) < 4.78 is 9.10. The van der Waals surface area contributed by atoms with Gasteiger partial charge in [0.2, 0.25) is 0 Å². The van der Waals surface area contributed by atoms with Crippen LogP contribution in [0.1, 0.15) is 45.1 Å². The molecule has 0 saturated carbocycles. The third kappa shape index (κ3) is 3.97. The number of halogens is 1. The number of aromatic nitrogens is 2. The molecule has 143 valence electrons. The molecular weight excluding hydrogens is 400 g/mol. The average molecular weight is 428 g/mol. The van der Waals surface area contributed by atoms with Crippen LogP contribution < -0.4 is 0 Å². The molecule has 3 nitrogen and oxygen atoms in total. The largest absolute Gasteiger partial charge is 0.375 e. The predicted molar refractivity (Wildman–Crippen MR) is 117 cm³/mol. The van der Waals surface area contributed by atoms with Crippen molar-refractivity contribution >= 4 is 26.8 Å². The normalized spacial score (nSPS) is 13.3. The second-order valence-electron chi connectivity index (χ2n) is 7.89. The topological polar surface area (TPSA) is 27.1 Å². The van der Waals surface area contributed by atoms with Crippen LogP contribution in [0.15, 0.2) is 41.0 Å². The molecule has 1 radical (unpaired) electrons. The van der Waals surface area contributed by atoms with Crippen LogP contribution >= 0.6 is 15.9 Å². The monoisotopic (exact) mass is 427 g/mol. The number of hydrogen-bond donors (Lipinski definition) is 0. The summed E-state index contributed by atoms with van der Waals surface area (Å²) >= 11 is 3.65. The maximum Gasteiger partial charge on any atom is 0.0969 e. The quantitative estimate of drug-likeness (QED) is 0.443. The molecule has 0 saturated heterocycles. The van der Waals surface area contributed by atoms with E-state index in [9.17, 15) is 0 Å². The van der Waals surface area contributed by atoms with E-state index in [1.807, 2.05) is 19.2 Å². The van der Waals surface area contributed by atoms with Crippen molar-refractivity contribution < 1.29 is 4.74 Å². The van der Waals surface area contributed by atoms with E-state index in [1.54, 1.807) is 7.11 Å². The third-order valence-corrected chi connectivity index (χ3v) is 5.43. The van der Waals surface area contributed by atoms with Gasteiger partial charge < -0.3 is 9.30 Å². The van der Waals surface area contributed by atoms with Gasteiger partial charge in [-0.25, -0.2) is 0 Å². The van der Waals surface area contributed by atoms with E-state index >= 15 is 0 Å². The van der Waals surface area contributed by atoms with Crippen LogP contribution in [-0.4, -0.2) is 16.7 Å². The molecule has 4 heteroatoms. The molecule has 1 aromatic carbocycles. The third-order valence-electron chi connectivity index (χ3n) is 4.93. The molecule has 3 aromatic rings. The summed E-state index contributed by atoms with van der Waals surface area (Å²) in [7, 11) is 1.73. The van der Waals surface area contributed by atoms with Gasteiger partial charge in [0.25, 0.3) is 0 Å². The number of aryl methyl sites for hydroxylation is 1. The van der Waals surface area contributed by atoms with Crippen molar-refractivity contribution in [1.82, 2.24) is 9.55 Å². The lowest BCUT2D eigenvalue weighted by Gasteiger charge is -2.21. The molecule has 2 aromatic heterocycles. The average Bonchev–Trinajstić information content (AvgIpc) is 2.92. The highest BCUT2D eigenvalue weighted by Crippen LogP contribution is 2.40. The highest BCUT2D eigenvalue weighted by molar-refractivity contribution is 9.10. The molecule has 0 aliphatic heterocycles. The molecule has 0 bridgehead atoms. The summed E-state index contributed by atoms with van der Waals surface area (Å²) in [6, 6.07) is 10.7. The SMILES string of the molecule is [CH2]C(C)(C)Cc1c(-c2cccnc2C(C)OC)n(CC)c2ccc(Br)cc12. The van der Waals surface area contributed by atoms with Gasteiger partial charge in [-0.1, -0.05) is 29.8 Å². The molecule has 0 amide bonds. The first-order chi connectivity index (χ1) is 12.8. The zero-order valence-electron chi connectivity index (χ0n) is 16.8. The van der Waals surface area contributed by atoms with Crippen LogP contribution in [0.4, 0.5) is 0 Å². The van der Waals surface area contributed by atoms with E-state index in [1.165, 1.54) is 22.2 Å². The summed E-state index contributed by atoms with van der Waals surface area (Å²) in [6.07, 6.45) is 2.66. The number of ether oxygens (including phenoxy) is 1. The van der Waals surface area contributed by atoms with Crippen molar-refractivity contribution in [3.05, 3.63) is 59.2 Å². The zero-order chi connectivity index (χ0) is 19.8. The highest BCUT2D eigenvalue weighted by Gasteiger charge is 2.25. The lowest BCUT2D eigenvalue weighted by atomic mass is 9.85. The molecule has 2 heterocycles. The van der Waals surface area contributed by atoms with E-state index in [0.29, 0.717) is 0 Å². The second-order valence-corrected chi connectivity index (χ2v) is 8.80. The Hall–Kier alpha value is -1.65. The zero-order valence-corrected chi connectivity index (χ0v) is 18.4. The highest BCUT2D eigenvalue weighted by atomic mass is 79.9. The summed E-state index contributed by atoms with van der Waals surface area (Å²) in [5.74, 6) is 0. The van der Waals surface area contributed by atoms with Gasteiger partial charge in [-0.3, -0.25) is 4.98 Å². The number of benzene rings is 1. The Morgan fingerprint density at radius 1 is 1.30 bits per heavy atom. The second kappa shape index (κ2) is 7.76. The van der Waals surface area contributed by atoms with Gasteiger partial charge in [-0.2, -0.15) is 0 Å². The smallest absolute Gasteiger partial charge is 0.0969 e. The maximum absolute atomic E-state index is 5.61. The van der Waals surface area contributed by atoms with Gasteiger partial charge in [0.05, 0.1) is 17.5 Å². The molecule has 1 unspecified atom stereocenters. The summed E-state index contributed by atoms with van der Waals surface area (Å²) in [5.41, 5.74) is 5.84. The van der Waals surface area contributed by atoms with E-state index in [4.69, 9.17) is 4.74 Å². The first-order valence-electron chi connectivity index (χ1n) is 9.41. The Bertz CT molecular complexity index is 953. The Balaban J connectivity index is 2.40. The van der Waals surface area contributed by atoms with Gasteiger partial charge in [0.15, 0.2) is 0 Å². The number of fused-ring (bicyclic) bond motifs is 1. The van der Waals surface area contributed by atoms with Gasteiger partial charge in [-0.05, 0) is 68.5 Å². The molecular formula is C23H28BrN2O. The molecule has 27 heavy (non-hydrogen) atoms. The van der Waals surface area contributed by atoms with Crippen molar-refractivity contribution in [2.75, 3.05) is 7.11 Å². The molecule has 0 aliphatic carbocycles. The van der Waals surface area contributed by atoms with Crippen molar-refractivity contribution in [3.63, 3.8) is 0 Å². The number of rotatable bonds is 6. The van der Waals surface area contributed by atoms with Gasteiger partial charge in [0.1, 0.15) is 0 Å². The van der Waals surface area contributed by atoms with Crippen LogP contribution in [0, 0.1) is 12.3 Å². The number of pyridine rings is 1. The predicted octanol–water partition coefficient (Wildman–Crippen LogP) is 6.60. The lowest BCUT2D eigenvalue weighted by Crippen LogP contribution is -2.12. The summed E-state index contributed by atoms with van der Waals surface area (Å²) in [4.78, 5) is 4.66. The minimum atomic E-state index is -0.0723. The van der Waals surface area contributed by atoms with Crippen LogP contribution in [0.5, 0.6) is 0 Å². The van der Waals surface area contributed by atoms with E-state index in [2.05, 4.69) is 77.4 Å². The van der Waals surface area contributed by atoms with Crippen molar-refractivity contribution in [3.8, 4) is 11.3 Å². The molecule has 0 spiro atoms. The maximum atomic E-state index is 5.61. The Kier molecular flexibility index (Phi) is 5.78. The molecule has 0 fully saturated rings. The number of nitrogens with zero attached hydrogens (tertiary/aromatic N) is 2. The van der Waals surface area contributed by atoms with Gasteiger partial charge in [-0.15, -0.1) is 0 Å². The van der Waals surface area contributed by atoms with Crippen LogP contribution in [0.25, 0.3) is 22.2 Å². The fourth-order valence-electron chi connectivity index (χ4n) is 3.74. The number of hydrogen-bond acceptors (Lipinski definition) is 2. The molecule has 3 rings (SSSR count).